The lowest BCUT2D eigenvalue weighted by Crippen LogP contribution is -2.00. The third-order valence-electron chi connectivity index (χ3n) is 1.49. The lowest BCUT2D eigenvalue weighted by Gasteiger charge is -2.00. The van der Waals surface area contributed by atoms with Crippen molar-refractivity contribution in [1.82, 2.24) is 0 Å². The van der Waals surface area contributed by atoms with Crippen molar-refractivity contribution in [1.29, 1.82) is 0 Å². The van der Waals surface area contributed by atoms with Gasteiger partial charge in [-0.15, -0.1) is 0 Å². The van der Waals surface area contributed by atoms with Crippen LogP contribution < -0.4 is 5.73 Å². The number of hydrogen-bond donors (Lipinski definition) is 1. The molecule has 0 fully saturated rings. The first-order chi connectivity index (χ1) is 6.75. The monoisotopic (exact) mass is 199 g/mol. The fraction of sp³-hybridized carbons (Fsp3) is 0.500. The molecule has 1 aromatic rings. The molecular formula is C12H22FN. The molecule has 0 aliphatic rings. The van der Waals surface area contributed by atoms with Crippen LogP contribution in [0.1, 0.15) is 38.8 Å². The Morgan fingerprint density at radius 2 is 1.64 bits per heavy atom. The molecule has 0 saturated heterocycles. The summed E-state index contributed by atoms with van der Waals surface area (Å²) in [4.78, 5) is 0. The van der Waals surface area contributed by atoms with Crippen LogP contribution >= 0.6 is 0 Å². The molecule has 14 heavy (non-hydrogen) atoms. The number of halogens is 1. The molecule has 0 saturated carbocycles. The summed E-state index contributed by atoms with van der Waals surface area (Å²) in [5, 5.41) is 0. The normalized spacial score (nSPS) is 7.93. The van der Waals surface area contributed by atoms with Crippen molar-refractivity contribution >= 4 is 0 Å². The van der Waals surface area contributed by atoms with Crippen molar-refractivity contribution in [3.05, 3.63) is 35.1 Å². The molecule has 0 radical (unpaired) electrons. The molecule has 0 amide bonds. The number of nitrogens with two attached hydrogens (primary N) is 1. The van der Waals surface area contributed by atoms with Crippen molar-refractivity contribution in [3.8, 4) is 0 Å². The Morgan fingerprint density at radius 3 is 2.00 bits per heavy atom. The van der Waals surface area contributed by atoms with Crippen molar-refractivity contribution in [2.24, 2.45) is 5.73 Å². The standard InChI is InChI=1S/C8H10FN.2C2H6/c1-6-3-2-4-7(5-10)8(6)9;2*1-2/h2-4H,5,10H2,1H3;2*1-2H3. The summed E-state index contributed by atoms with van der Waals surface area (Å²) in [6.45, 7) is 10.0. The first-order valence-electron chi connectivity index (χ1n) is 5.19. The van der Waals surface area contributed by atoms with Crippen molar-refractivity contribution in [2.75, 3.05) is 0 Å². The van der Waals surface area contributed by atoms with Crippen LogP contribution in [0.4, 0.5) is 4.39 Å². The van der Waals surface area contributed by atoms with Gasteiger partial charge < -0.3 is 5.73 Å². The molecule has 0 aliphatic carbocycles. The van der Waals surface area contributed by atoms with Crippen molar-refractivity contribution in [3.63, 3.8) is 0 Å². The molecule has 1 aromatic carbocycles. The average molecular weight is 199 g/mol. The molecule has 1 nitrogen and oxygen atoms in total. The molecule has 0 heterocycles. The Kier molecular flexibility index (Phi) is 11.3. The highest BCUT2D eigenvalue weighted by Crippen LogP contribution is 2.10. The summed E-state index contributed by atoms with van der Waals surface area (Å²) in [5.74, 6) is -0.176. The predicted molar refractivity (Wildman–Crippen MR) is 61.7 cm³/mol. The van der Waals surface area contributed by atoms with Gasteiger partial charge in [0.2, 0.25) is 0 Å². The molecule has 1 rings (SSSR count). The molecular weight excluding hydrogens is 177 g/mol. The first kappa shape index (κ1) is 15.6. The van der Waals surface area contributed by atoms with Crippen LogP contribution in [0, 0.1) is 12.7 Å². The van der Waals surface area contributed by atoms with Gasteiger partial charge in [-0.25, -0.2) is 4.39 Å². The van der Waals surface area contributed by atoms with Gasteiger partial charge in [-0.3, -0.25) is 0 Å². The third kappa shape index (κ3) is 4.97. The second kappa shape index (κ2) is 10.2. The fourth-order valence-corrected chi connectivity index (χ4v) is 0.866. The summed E-state index contributed by atoms with van der Waals surface area (Å²) in [6.07, 6.45) is 0. The minimum atomic E-state index is -0.176. The van der Waals surface area contributed by atoms with E-state index in [1.807, 2.05) is 27.7 Å². The second-order valence-electron chi connectivity index (χ2n) is 2.25. The Balaban J connectivity index is 0. The van der Waals surface area contributed by atoms with E-state index in [1.54, 1.807) is 25.1 Å². The number of hydrogen-bond acceptors (Lipinski definition) is 1. The number of benzene rings is 1. The van der Waals surface area contributed by atoms with E-state index in [0.29, 0.717) is 11.1 Å². The molecule has 0 bridgehead atoms. The zero-order valence-corrected chi connectivity index (χ0v) is 9.89. The Bertz CT molecular complexity index is 234. The van der Waals surface area contributed by atoms with Gasteiger partial charge >= 0.3 is 0 Å². The Hall–Kier alpha value is -0.890. The molecule has 2 heteroatoms. The van der Waals surface area contributed by atoms with Gasteiger partial charge in [-0.05, 0) is 12.5 Å². The maximum Gasteiger partial charge on any atom is 0.130 e. The predicted octanol–water partition coefficient (Wildman–Crippen LogP) is 3.65. The minimum absolute atomic E-state index is 0.176. The van der Waals surface area contributed by atoms with Gasteiger partial charge in [-0.2, -0.15) is 0 Å². The fourth-order valence-electron chi connectivity index (χ4n) is 0.866. The van der Waals surface area contributed by atoms with Gasteiger partial charge in [0.1, 0.15) is 5.82 Å². The van der Waals surface area contributed by atoms with Crippen LogP contribution in [0.5, 0.6) is 0 Å². The van der Waals surface area contributed by atoms with Crippen LogP contribution in [-0.2, 0) is 6.54 Å². The van der Waals surface area contributed by atoms with E-state index in [0.717, 1.165) is 0 Å². The molecule has 0 aliphatic heterocycles. The molecule has 0 spiro atoms. The zero-order valence-electron chi connectivity index (χ0n) is 9.89. The van der Waals surface area contributed by atoms with Crippen LogP contribution in [0.3, 0.4) is 0 Å². The van der Waals surface area contributed by atoms with Crippen LogP contribution in [-0.4, -0.2) is 0 Å². The van der Waals surface area contributed by atoms with Gasteiger partial charge in [-0.1, -0.05) is 45.9 Å². The maximum absolute atomic E-state index is 12.9. The molecule has 2 N–H and O–H groups in total. The summed E-state index contributed by atoms with van der Waals surface area (Å²) >= 11 is 0. The first-order valence-corrected chi connectivity index (χ1v) is 5.19. The minimum Gasteiger partial charge on any atom is -0.326 e. The molecule has 82 valence electrons. The third-order valence-corrected chi connectivity index (χ3v) is 1.49. The SMILES string of the molecule is CC.CC.Cc1cccc(CN)c1F. The highest BCUT2D eigenvalue weighted by molar-refractivity contribution is 5.24. The van der Waals surface area contributed by atoms with Crippen LogP contribution in [0.2, 0.25) is 0 Å². The van der Waals surface area contributed by atoms with E-state index >= 15 is 0 Å². The van der Waals surface area contributed by atoms with E-state index in [-0.39, 0.29) is 12.4 Å². The Morgan fingerprint density at radius 1 is 1.14 bits per heavy atom. The van der Waals surface area contributed by atoms with Crippen molar-refractivity contribution < 1.29 is 4.39 Å². The molecule has 0 aromatic heterocycles. The topological polar surface area (TPSA) is 26.0 Å². The highest BCUT2D eigenvalue weighted by Gasteiger charge is 2.00. The smallest absolute Gasteiger partial charge is 0.130 e. The van der Waals surface area contributed by atoms with Gasteiger partial charge in [0.25, 0.3) is 0 Å². The highest BCUT2D eigenvalue weighted by atomic mass is 19.1. The summed E-state index contributed by atoms with van der Waals surface area (Å²) < 4.78 is 12.9. The van der Waals surface area contributed by atoms with E-state index in [4.69, 9.17) is 5.73 Å². The van der Waals surface area contributed by atoms with E-state index in [1.165, 1.54) is 0 Å². The summed E-state index contributed by atoms with van der Waals surface area (Å²) in [6, 6.07) is 5.23. The van der Waals surface area contributed by atoms with Gasteiger partial charge in [0.15, 0.2) is 0 Å². The quantitative estimate of drug-likeness (QED) is 0.734. The van der Waals surface area contributed by atoms with Gasteiger partial charge in [0.05, 0.1) is 0 Å². The summed E-state index contributed by atoms with van der Waals surface area (Å²) in [7, 11) is 0. The zero-order chi connectivity index (χ0) is 11.6. The lowest BCUT2D eigenvalue weighted by molar-refractivity contribution is 0.601. The maximum atomic E-state index is 12.9. The van der Waals surface area contributed by atoms with Crippen LogP contribution in [0.25, 0.3) is 0 Å². The van der Waals surface area contributed by atoms with Gasteiger partial charge in [0, 0.05) is 12.1 Å². The summed E-state index contributed by atoms with van der Waals surface area (Å²) in [5.41, 5.74) is 6.52. The van der Waals surface area contributed by atoms with Crippen molar-refractivity contribution in [2.45, 2.75) is 41.2 Å². The van der Waals surface area contributed by atoms with E-state index < -0.39 is 0 Å². The molecule has 0 atom stereocenters. The lowest BCUT2D eigenvalue weighted by atomic mass is 10.1. The van der Waals surface area contributed by atoms with E-state index in [2.05, 4.69) is 0 Å². The second-order valence-corrected chi connectivity index (χ2v) is 2.25. The molecule has 0 unspecified atom stereocenters. The number of aryl methyl sites for hydroxylation is 1. The largest absolute Gasteiger partial charge is 0.326 e. The Labute approximate surface area is 87.1 Å². The average Bonchev–Trinajstić information content (AvgIpc) is 2.28. The number of rotatable bonds is 1. The van der Waals surface area contributed by atoms with Crippen LogP contribution in [0.15, 0.2) is 18.2 Å². The van der Waals surface area contributed by atoms with E-state index in [9.17, 15) is 4.39 Å².